The molecule has 0 radical (unpaired) electrons. The molecular weight excluding hydrogens is 374 g/mol. The first-order valence-corrected chi connectivity index (χ1v) is 14.7. The fourth-order valence-corrected chi connectivity index (χ4v) is 6.36. The summed E-state index contributed by atoms with van der Waals surface area (Å²) in [5, 5.41) is 10.8. The van der Waals surface area contributed by atoms with Crippen LogP contribution in [0.4, 0.5) is 0 Å². The normalized spacial score (nSPS) is 31.4. The van der Waals surface area contributed by atoms with Crippen LogP contribution < -0.4 is 4.43 Å². The lowest BCUT2D eigenvalue weighted by molar-refractivity contribution is -0.00473. The van der Waals surface area contributed by atoms with E-state index in [9.17, 15) is 5.11 Å². The monoisotopic (exact) mass is 415 g/mol. The Bertz CT molecular complexity index is 724. The third-order valence-corrected chi connectivity index (χ3v) is 12.7. The maximum absolute atomic E-state index is 10.6. The molecule has 0 aromatic heterocycles. The molecule has 4 rings (SSSR count). The number of likely N-dealkylation sites (tertiary alicyclic amines) is 1. The van der Waals surface area contributed by atoms with Gasteiger partial charge in [-0.25, -0.2) is 0 Å². The maximum Gasteiger partial charge on any atom is 0.250 e. The second-order valence-electron chi connectivity index (χ2n) is 11.6. The van der Waals surface area contributed by atoms with E-state index in [2.05, 4.69) is 63.0 Å². The highest BCUT2D eigenvalue weighted by Gasteiger charge is 2.48. The average Bonchev–Trinajstić information content (AvgIpc) is 3.45. The summed E-state index contributed by atoms with van der Waals surface area (Å²) in [4.78, 5) is 2.72. The van der Waals surface area contributed by atoms with Crippen molar-refractivity contribution in [3.63, 3.8) is 0 Å². The van der Waals surface area contributed by atoms with Gasteiger partial charge >= 0.3 is 0 Å². The Kier molecular flexibility index (Phi) is 5.67. The highest BCUT2D eigenvalue weighted by atomic mass is 28.4. The van der Waals surface area contributed by atoms with Crippen molar-refractivity contribution in [3.8, 4) is 5.75 Å². The first kappa shape index (κ1) is 21.4. The fourth-order valence-electron chi connectivity index (χ4n) is 5.34. The van der Waals surface area contributed by atoms with E-state index in [1.165, 1.54) is 44.5 Å². The summed E-state index contributed by atoms with van der Waals surface area (Å²) in [7, 11) is -1.86. The van der Waals surface area contributed by atoms with Crippen molar-refractivity contribution in [3.05, 3.63) is 29.8 Å². The summed E-state index contributed by atoms with van der Waals surface area (Å²) < 4.78 is 6.65. The number of hydrogen-bond acceptors (Lipinski definition) is 3. The molecule has 2 aliphatic carbocycles. The minimum atomic E-state index is -1.86. The van der Waals surface area contributed by atoms with Crippen molar-refractivity contribution < 1.29 is 9.53 Å². The van der Waals surface area contributed by atoms with Gasteiger partial charge in [-0.2, -0.15) is 0 Å². The zero-order valence-electron chi connectivity index (χ0n) is 19.2. The van der Waals surface area contributed by atoms with Gasteiger partial charge < -0.3 is 14.4 Å². The predicted octanol–water partition coefficient (Wildman–Crippen LogP) is 5.59. The number of benzene rings is 1. The molecule has 1 aromatic carbocycles. The van der Waals surface area contributed by atoms with Crippen LogP contribution in [0.25, 0.3) is 0 Å². The quantitative estimate of drug-likeness (QED) is 0.637. The lowest BCUT2D eigenvalue weighted by atomic mass is 9.58. The van der Waals surface area contributed by atoms with Crippen molar-refractivity contribution in [2.45, 2.75) is 88.9 Å². The molecule has 1 N–H and O–H groups in total. The molecule has 0 amide bonds. The van der Waals surface area contributed by atoms with Gasteiger partial charge in [-0.15, -0.1) is 0 Å². The topological polar surface area (TPSA) is 32.7 Å². The van der Waals surface area contributed by atoms with Crippen LogP contribution in [0.1, 0.15) is 64.9 Å². The molecule has 3 fully saturated rings. The number of piperidine rings is 1. The number of fused-ring (bicyclic) bond motifs is 1. The second kappa shape index (κ2) is 7.69. The van der Waals surface area contributed by atoms with Crippen molar-refractivity contribution in [2.24, 2.45) is 11.8 Å². The third-order valence-electron chi connectivity index (χ3n) is 8.38. The number of aliphatic hydroxyl groups is 1. The van der Waals surface area contributed by atoms with Crippen molar-refractivity contribution >= 4 is 8.32 Å². The van der Waals surface area contributed by atoms with E-state index in [1.54, 1.807) is 0 Å². The highest BCUT2D eigenvalue weighted by Crippen LogP contribution is 2.50. The highest BCUT2D eigenvalue weighted by molar-refractivity contribution is 6.74. The molecule has 1 aromatic rings. The zero-order chi connectivity index (χ0) is 20.9. The van der Waals surface area contributed by atoms with Gasteiger partial charge in [-0.1, -0.05) is 32.9 Å². The van der Waals surface area contributed by atoms with Crippen LogP contribution in [-0.2, 0) is 5.41 Å². The molecule has 29 heavy (non-hydrogen) atoms. The van der Waals surface area contributed by atoms with Gasteiger partial charge in [-0.05, 0) is 92.7 Å². The fraction of sp³-hybridized carbons (Fsp3) is 0.760. The first-order valence-electron chi connectivity index (χ1n) is 11.8. The molecule has 3 aliphatic rings. The van der Waals surface area contributed by atoms with E-state index >= 15 is 0 Å². The zero-order valence-corrected chi connectivity index (χ0v) is 20.2. The molecule has 3 unspecified atom stereocenters. The van der Waals surface area contributed by atoms with Gasteiger partial charge in [0.15, 0.2) is 0 Å². The van der Waals surface area contributed by atoms with E-state index < -0.39 is 8.32 Å². The summed E-state index contributed by atoms with van der Waals surface area (Å²) in [5.41, 5.74) is 1.52. The Morgan fingerprint density at radius 2 is 1.93 bits per heavy atom. The smallest absolute Gasteiger partial charge is 0.250 e. The molecule has 0 bridgehead atoms. The number of aliphatic hydroxyl groups excluding tert-OH is 1. The van der Waals surface area contributed by atoms with Crippen LogP contribution in [0.3, 0.4) is 0 Å². The molecular formula is C25H41NO2Si. The Labute approximate surface area is 179 Å². The van der Waals surface area contributed by atoms with Gasteiger partial charge in [0, 0.05) is 18.5 Å². The Hall–Kier alpha value is -0.843. The van der Waals surface area contributed by atoms with Crippen LogP contribution in [0.15, 0.2) is 24.3 Å². The summed E-state index contributed by atoms with van der Waals surface area (Å²) >= 11 is 0. The maximum atomic E-state index is 10.6. The van der Waals surface area contributed by atoms with Gasteiger partial charge in [0.1, 0.15) is 5.75 Å². The second-order valence-corrected chi connectivity index (χ2v) is 16.4. The van der Waals surface area contributed by atoms with E-state index in [0.717, 1.165) is 30.9 Å². The average molecular weight is 416 g/mol. The number of nitrogens with zero attached hydrogens (tertiary/aromatic N) is 1. The van der Waals surface area contributed by atoms with Gasteiger partial charge in [0.25, 0.3) is 0 Å². The molecule has 1 aliphatic heterocycles. The molecule has 4 heteroatoms. The first-order chi connectivity index (χ1) is 13.6. The number of rotatable bonds is 5. The minimum Gasteiger partial charge on any atom is -0.543 e. The molecule has 2 saturated carbocycles. The van der Waals surface area contributed by atoms with Gasteiger partial charge in [0.05, 0.1) is 6.10 Å². The van der Waals surface area contributed by atoms with Crippen molar-refractivity contribution in [2.75, 3.05) is 19.6 Å². The van der Waals surface area contributed by atoms with Crippen molar-refractivity contribution in [1.82, 2.24) is 4.90 Å². The van der Waals surface area contributed by atoms with Crippen LogP contribution >= 0.6 is 0 Å². The van der Waals surface area contributed by atoms with E-state index in [0.29, 0.717) is 5.92 Å². The number of hydrogen-bond donors (Lipinski definition) is 1. The van der Waals surface area contributed by atoms with Crippen LogP contribution in [0.5, 0.6) is 5.75 Å². The minimum absolute atomic E-state index is 0.116. The predicted molar refractivity (Wildman–Crippen MR) is 123 cm³/mol. The largest absolute Gasteiger partial charge is 0.543 e. The van der Waals surface area contributed by atoms with Gasteiger partial charge in [0.2, 0.25) is 8.32 Å². The summed E-state index contributed by atoms with van der Waals surface area (Å²) in [6.45, 7) is 15.2. The third kappa shape index (κ3) is 4.45. The van der Waals surface area contributed by atoms with Crippen LogP contribution in [-0.4, -0.2) is 44.1 Å². The SMILES string of the molecule is CC(C)(C)[Si](C)(C)Oc1cccc(C23CCN(CC4CC4)CC2CCC(O)C3)c1. The Morgan fingerprint density at radius 1 is 1.17 bits per heavy atom. The van der Waals surface area contributed by atoms with E-state index in [4.69, 9.17) is 4.43 Å². The van der Waals surface area contributed by atoms with Crippen LogP contribution in [0, 0.1) is 11.8 Å². The standard InChI is InChI=1S/C25H41NO2Si/c1-24(2,3)29(4,5)28-23-8-6-7-20(15-23)25-13-14-26(17-19-9-10-19)18-21(25)11-12-22(27)16-25/h6-8,15,19,21-22,27H,9-14,16-18H2,1-5H3. The summed E-state index contributed by atoms with van der Waals surface area (Å²) in [6, 6.07) is 8.94. The van der Waals surface area contributed by atoms with E-state index in [1.807, 2.05) is 0 Å². The summed E-state index contributed by atoms with van der Waals surface area (Å²) in [5.74, 6) is 2.64. The molecule has 1 heterocycles. The van der Waals surface area contributed by atoms with Crippen molar-refractivity contribution in [1.29, 1.82) is 0 Å². The molecule has 3 atom stereocenters. The molecule has 1 saturated heterocycles. The summed E-state index contributed by atoms with van der Waals surface area (Å²) in [6.07, 6.45) is 6.89. The lowest BCUT2D eigenvalue weighted by Gasteiger charge is -2.52. The Morgan fingerprint density at radius 3 is 2.62 bits per heavy atom. The van der Waals surface area contributed by atoms with E-state index in [-0.39, 0.29) is 16.6 Å². The molecule has 162 valence electrons. The molecule has 0 spiro atoms. The lowest BCUT2D eigenvalue weighted by Crippen LogP contribution is -2.54. The van der Waals surface area contributed by atoms with Gasteiger partial charge in [-0.3, -0.25) is 0 Å². The molecule has 3 nitrogen and oxygen atoms in total. The van der Waals surface area contributed by atoms with Crippen LogP contribution in [0.2, 0.25) is 18.1 Å². The Balaban J connectivity index is 1.59.